The molecule has 1 aliphatic heterocycles. The van der Waals surface area contributed by atoms with Crippen molar-refractivity contribution in [3.8, 4) is 0 Å². The van der Waals surface area contributed by atoms with Gasteiger partial charge in [-0.05, 0) is 37.0 Å². The number of hydrogen-bond acceptors (Lipinski definition) is 2. The average Bonchev–Trinajstić information content (AvgIpc) is 2.54. The molecule has 0 bridgehead atoms. The van der Waals surface area contributed by atoms with Crippen molar-refractivity contribution in [3.63, 3.8) is 0 Å². The normalized spacial score (nSPS) is 21.6. The van der Waals surface area contributed by atoms with Gasteiger partial charge in [-0.2, -0.15) is 0 Å². The number of hydrogen-bond donors (Lipinski definition) is 1. The highest BCUT2D eigenvalue weighted by atomic mass is 15.2. The van der Waals surface area contributed by atoms with E-state index in [1.54, 1.807) is 0 Å². The molecule has 1 unspecified atom stereocenters. The molecule has 2 heteroatoms. The van der Waals surface area contributed by atoms with Gasteiger partial charge in [-0.1, -0.05) is 26.0 Å². The fourth-order valence-corrected chi connectivity index (χ4v) is 2.34. The van der Waals surface area contributed by atoms with Gasteiger partial charge in [0.1, 0.15) is 0 Å². The molecule has 1 aliphatic rings. The molecule has 0 aromatic heterocycles. The van der Waals surface area contributed by atoms with Crippen LogP contribution >= 0.6 is 0 Å². The first-order chi connectivity index (χ1) is 8.16. The maximum atomic E-state index is 3.53. The quantitative estimate of drug-likeness (QED) is 0.843. The summed E-state index contributed by atoms with van der Waals surface area (Å²) in [5.74, 6) is 0.620. The molecule has 0 spiro atoms. The minimum Gasteiger partial charge on any atom is -0.370 e. The number of anilines is 1. The van der Waals surface area contributed by atoms with Gasteiger partial charge in [0, 0.05) is 31.4 Å². The summed E-state index contributed by atoms with van der Waals surface area (Å²) >= 11 is 0. The lowest BCUT2D eigenvalue weighted by atomic mass is 10.0. The predicted molar refractivity (Wildman–Crippen MR) is 74.8 cm³/mol. The van der Waals surface area contributed by atoms with Crippen LogP contribution in [0.5, 0.6) is 0 Å². The first-order valence-electron chi connectivity index (χ1n) is 6.75. The molecule has 1 aromatic carbocycles. The van der Waals surface area contributed by atoms with E-state index in [-0.39, 0.29) is 0 Å². The summed E-state index contributed by atoms with van der Waals surface area (Å²) < 4.78 is 0. The van der Waals surface area contributed by atoms with Crippen molar-refractivity contribution in [1.29, 1.82) is 0 Å². The summed E-state index contributed by atoms with van der Waals surface area (Å²) in [5, 5.41) is 3.53. The molecule has 0 amide bonds. The molecule has 1 heterocycles. The Morgan fingerprint density at radius 2 is 1.88 bits per heavy atom. The minimum atomic E-state index is 0.620. The predicted octanol–water partition coefficient (Wildman–Crippen LogP) is 3.00. The Kier molecular flexibility index (Phi) is 4.06. The second-order valence-corrected chi connectivity index (χ2v) is 5.38. The van der Waals surface area contributed by atoms with Crippen LogP contribution in [-0.2, 0) is 0 Å². The highest BCUT2D eigenvalue weighted by Gasteiger charge is 2.13. The Balaban J connectivity index is 2.06. The van der Waals surface area contributed by atoms with Crippen LogP contribution in [0.25, 0.3) is 0 Å². The van der Waals surface area contributed by atoms with Crippen molar-refractivity contribution in [2.24, 2.45) is 0 Å². The lowest BCUT2D eigenvalue weighted by molar-refractivity contribution is 0.566. The molecule has 1 atom stereocenters. The number of nitrogens with zero attached hydrogens (tertiary/aromatic N) is 1. The van der Waals surface area contributed by atoms with E-state index in [9.17, 15) is 0 Å². The van der Waals surface area contributed by atoms with Crippen LogP contribution in [0.15, 0.2) is 24.3 Å². The third kappa shape index (κ3) is 3.22. The standard InChI is InChI=1S/C15H24N2/c1-12(2)14-4-6-15(7-5-14)17-10-8-13(3)16-9-11-17/h4-7,12-13,16H,8-11H2,1-3H3. The second kappa shape index (κ2) is 5.54. The molecule has 2 nitrogen and oxygen atoms in total. The van der Waals surface area contributed by atoms with Crippen LogP contribution in [0.3, 0.4) is 0 Å². The summed E-state index contributed by atoms with van der Waals surface area (Å²) in [6.07, 6.45) is 1.23. The maximum Gasteiger partial charge on any atom is 0.0366 e. The van der Waals surface area contributed by atoms with E-state index in [1.807, 2.05) is 0 Å². The largest absolute Gasteiger partial charge is 0.370 e. The van der Waals surface area contributed by atoms with Crippen LogP contribution in [-0.4, -0.2) is 25.7 Å². The zero-order valence-corrected chi connectivity index (χ0v) is 11.2. The average molecular weight is 232 g/mol. The van der Waals surface area contributed by atoms with Gasteiger partial charge in [-0.15, -0.1) is 0 Å². The summed E-state index contributed by atoms with van der Waals surface area (Å²) in [5.41, 5.74) is 2.79. The number of rotatable bonds is 2. The molecular weight excluding hydrogens is 208 g/mol. The van der Waals surface area contributed by atoms with Crippen molar-refractivity contribution < 1.29 is 0 Å². The van der Waals surface area contributed by atoms with Crippen LogP contribution in [0, 0.1) is 0 Å². The van der Waals surface area contributed by atoms with Gasteiger partial charge in [0.05, 0.1) is 0 Å². The molecule has 2 rings (SSSR count). The van der Waals surface area contributed by atoms with E-state index in [0.29, 0.717) is 12.0 Å². The van der Waals surface area contributed by atoms with Crippen molar-refractivity contribution in [3.05, 3.63) is 29.8 Å². The molecule has 0 aliphatic carbocycles. The van der Waals surface area contributed by atoms with Gasteiger partial charge < -0.3 is 10.2 Å². The fourth-order valence-electron chi connectivity index (χ4n) is 2.34. The Labute approximate surface area is 105 Å². The maximum absolute atomic E-state index is 3.53. The number of benzene rings is 1. The monoisotopic (exact) mass is 232 g/mol. The van der Waals surface area contributed by atoms with E-state index in [4.69, 9.17) is 0 Å². The zero-order valence-electron chi connectivity index (χ0n) is 11.2. The summed E-state index contributed by atoms with van der Waals surface area (Å²) in [7, 11) is 0. The van der Waals surface area contributed by atoms with Crippen LogP contribution < -0.4 is 10.2 Å². The third-order valence-corrected chi connectivity index (χ3v) is 3.63. The molecule has 1 fully saturated rings. The van der Waals surface area contributed by atoms with E-state index in [0.717, 1.165) is 19.6 Å². The van der Waals surface area contributed by atoms with Crippen LogP contribution in [0.2, 0.25) is 0 Å². The molecule has 94 valence electrons. The lowest BCUT2D eigenvalue weighted by Gasteiger charge is -2.22. The first-order valence-corrected chi connectivity index (χ1v) is 6.75. The van der Waals surface area contributed by atoms with Crippen LogP contribution in [0.4, 0.5) is 5.69 Å². The summed E-state index contributed by atoms with van der Waals surface area (Å²) in [6, 6.07) is 9.72. The van der Waals surface area contributed by atoms with Gasteiger partial charge in [0.2, 0.25) is 0 Å². The SMILES string of the molecule is CC1CCN(c2ccc(C(C)C)cc2)CCN1. The Hall–Kier alpha value is -1.02. The Morgan fingerprint density at radius 1 is 1.18 bits per heavy atom. The van der Waals surface area contributed by atoms with E-state index < -0.39 is 0 Å². The van der Waals surface area contributed by atoms with Gasteiger partial charge in [0.15, 0.2) is 0 Å². The first kappa shape index (κ1) is 12.4. The van der Waals surface area contributed by atoms with Crippen molar-refractivity contribution in [2.45, 2.75) is 39.2 Å². The van der Waals surface area contributed by atoms with Gasteiger partial charge in [0.25, 0.3) is 0 Å². The molecule has 17 heavy (non-hydrogen) atoms. The van der Waals surface area contributed by atoms with E-state index in [2.05, 4.69) is 55.3 Å². The summed E-state index contributed by atoms with van der Waals surface area (Å²) in [6.45, 7) is 10.1. The van der Waals surface area contributed by atoms with Gasteiger partial charge in [-0.25, -0.2) is 0 Å². The molecule has 1 aromatic rings. The zero-order chi connectivity index (χ0) is 12.3. The highest BCUT2D eigenvalue weighted by molar-refractivity contribution is 5.48. The topological polar surface area (TPSA) is 15.3 Å². The van der Waals surface area contributed by atoms with Crippen molar-refractivity contribution in [2.75, 3.05) is 24.5 Å². The molecular formula is C15H24N2. The number of nitrogens with one attached hydrogen (secondary N) is 1. The Bertz CT molecular complexity index is 342. The molecule has 0 radical (unpaired) electrons. The molecule has 1 N–H and O–H groups in total. The minimum absolute atomic E-state index is 0.620. The second-order valence-electron chi connectivity index (χ2n) is 5.38. The van der Waals surface area contributed by atoms with Gasteiger partial charge in [-0.3, -0.25) is 0 Å². The smallest absolute Gasteiger partial charge is 0.0366 e. The summed E-state index contributed by atoms with van der Waals surface area (Å²) in [4.78, 5) is 2.49. The third-order valence-electron chi connectivity index (χ3n) is 3.63. The highest BCUT2D eigenvalue weighted by Crippen LogP contribution is 2.20. The molecule has 1 saturated heterocycles. The van der Waals surface area contributed by atoms with Crippen LogP contribution in [0.1, 0.15) is 38.7 Å². The van der Waals surface area contributed by atoms with Crippen molar-refractivity contribution >= 4 is 5.69 Å². The van der Waals surface area contributed by atoms with E-state index >= 15 is 0 Å². The van der Waals surface area contributed by atoms with Gasteiger partial charge >= 0.3 is 0 Å². The molecule has 0 saturated carbocycles. The fraction of sp³-hybridized carbons (Fsp3) is 0.600. The van der Waals surface area contributed by atoms with Crippen molar-refractivity contribution in [1.82, 2.24) is 5.32 Å². The van der Waals surface area contributed by atoms with E-state index in [1.165, 1.54) is 17.7 Å². The lowest BCUT2D eigenvalue weighted by Crippen LogP contribution is -2.28. The Morgan fingerprint density at radius 3 is 2.53 bits per heavy atom.